The molecule has 0 aromatic heterocycles. The molecule has 1 aliphatic heterocycles. The van der Waals surface area contributed by atoms with Crippen molar-refractivity contribution in [2.45, 2.75) is 25.3 Å². The Labute approximate surface area is 95.4 Å². The molecule has 1 atom stereocenters. The Morgan fingerprint density at radius 1 is 1.64 bits per heavy atom. The van der Waals surface area contributed by atoms with Gasteiger partial charge in [-0.25, -0.2) is 0 Å². The second kappa shape index (κ2) is 6.19. The zero-order valence-corrected chi connectivity index (χ0v) is 9.75. The van der Waals surface area contributed by atoms with Gasteiger partial charge in [0.2, 0.25) is 13.9 Å². The molecule has 2 nitrogen and oxygen atoms in total. The number of carbonyl (C=O) groups excluding carboxylic acids is 1. The number of amides is 1. The van der Waals surface area contributed by atoms with Gasteiger partial charge >= 0.3 is 0 Å². The molecular formula is C7H12BNOY-2. The van der Waals surface area contributed by atoms with Crippen molar-refractivity contribution < 1.29 is 37.5 Å². The second-order valence-corrected chi connectivity index (χ2v) is 2.35. The fourth-order valence-corrected chi connectivity index (χ4v) is 0.961. The SMILES string of the molecule is [B]N1C(=O)CCCC1[CH2-].[CH3-].[Y]. The molecule has 1 unspecified atom stereocenters. The van der Waals surface area contributed by atoms with E-state index in [4.69, 9.17) is 7.98 Å². The molecule has 3 radical (unpaired) electrons. The number of hydrogen-bond acceptors (Lipinski definition) is 1. The average Bonchev–Trinajstić information content (AvgIpc) is 1.83. The van der Waals surface area contributed by atoms with Crippen LogP contribution < -0.4 is 0 Å². The summed E-state index contributed by atoms with van der Waals surface area (Å²) < 4.78 is 0. The third kappa shape index (κ3) is 3.71. The second-order valence-electron chi connectivity index (χ2n) is 2.35. The quantitative estimate of drug-likeness (QED) is 0.440. The molecule has 0 aromatic rings. The fraction of sp³-hybridized carbons (Fsp3) is 0.571. The van der Waals surface area contributed by atoms with E-state index in [9.17, 15) is 4.79 Å². The average molecular weight is 226 g/mol. The first-order chi connectivity index (χ1) is 4.22. The van der Waals surface area contributed by atoms with Crippen LogP contribution in [0.25, 0.3) is 0 Å². The van der Waals surface area contributed by atoms with Crippen LogP contribution in [0.1, 0.15) is 19.3 Å². The normalized spacial score (nSPS) is 23.5. The molecule has 4 heteroatoms. The predicted molar refractivity (Wildman–Crippen MR) is 42.0 cm³/mol. The molecule has 1 fully saturated rings. The van der Waals surface area contributed by atoms with Crippen LogP contribution in [0, 0.1) is 14.4 Å². The van der Waals surface area contributed by atoms with Crippen molar-refractivity contribution >= 4 is 13.9 Å². The molecule has 59 valence electrons. The maximum atomic E-state index is 10.8. The van der Waals surface area contributed by atoms with Crippen molar-refractivity contribution in [3.8, 4) is 0 Å². The van der Waals surface area contributed by atoms with Gasteiger partial charge in [-0.1, -0.05) is 6.42 Å². The zero-order chi connectivity index (χ0) is 6.85. The van der Waals surface area contributed by atoms with Crippen LogP contribution in [0.2, 0.25) is 0 Å². The minimum absolute atomic E-state index is 0. The molecule has 1 saturated heterocycles. The van der Waals surface area contributed by atoms with E-state index in [0.717, 1.165) is 12.8 Å². The summed E-state index contributed by atoms with van der Waals surface area (Å²) in [5.41, 5.74) is 0. The van der Waals surface area contributed by atoms with Crippen molar-refractivity contribution in [1.82, 2.24) is 4.81 Å². The Morgan fingerprint density at radius 2 is 2.18 bits per heavy atom. The third-order valence-electron chi connectivity index (χ3n) is 1.61. The van der Waals surface area contributed by atoms with E-state index in [0.29, 0.717) is 6.42 Å². The van der Waals surface area contributed by atoms with Crippen LogP contribution >= 0.6 is 0 Å². The predicted octanol–water partition coefficient (Wildman–Crippen LogP) is 0.733. The van der Waals surface area contributed by atoms with Crippen LogP contribution in [0.15, 0.2) is 0 Å². The monoisotopic (exact) mass is 226 g/mol. The molecule has 1 amide bonds. The molecule has 0 aliphatic carbocycles. The van der Waals surface area contributed by atoms with Crippen molar-refractivity contribution in [3.63, 3.8) is 0 Å². The Bertz CT molecular complexity index is 132. The maximum Gasteiger partial charge on any atom is 0.226 e. The van der Waals surface area contributed by atoms with Crippen molar-refractivity contribution in [3.05, 3.63) is 14.4 Å². The zero-order valence-electron chi connectivity index (χ0n) is 6.92. The topological polar surface area (TPSA) is 20.3 Å². The number of rotatable bonds is 0. The number of carbonyl (C=O) groups is 1. The van der Waals surface area contributed by atoms with Gasteiger partial charge in [-0.05, 0) is 6.42 Å². The van der Waals surface area contributed by atoms with Crippen molar-refractivity contribution in [2.24, 2.45) is 0 Å². The smallest absolute Gasteiger partial charge is 0.226 e. The first-order valence-electron chi connectivity index (χ1n) is 3.11. The van der Waals surface area contributed by atoms with Crippen LogP contribution in [0.5, 0.6) is 0 Å². The number of nitrogens with zero attached hydrogens (tertiary/aromatic N) is 1. The molecule has 1 aliphatic rings. The minimum atomic E-state index is -0.00810. The summed E-state index contributed by atoms with van der Waals surface area (Å²) in [7, 11) is 5.34. The van der Waals surface area contributed by atoms with E-state index in [1.54, 1.807) is 0 Å². The molecule has 0 spiro atoms. The van der Waals surface area contributed by atoms with Crippen LogP contribution in [-0.2, 0) is 37.5 Å². The summed E-state index contributed by atoms with van der Waals surface area (Å²) >= 11 is 0. The largest absolute Gasteiger partial charge is 0.422 e. The Kier molecular flexibility index (Phi) is 7.98. The summed E-state index contributed by atoms with van der Waals surface area (Å²) in [6.45, 7) is 3.71. The standard InChI is InChI=1S/C6H9BNO.CH3.Y/c1-5-3-2-4-6(9)8(5)7;;/h5H,1-4H2;1H3;/q2*-1;. The molecular weight excluding hydrogens is 214 g/mol. The molecule has 0 aromatic carbocycles. The van der Waals surface area contributed by atoms with Gasteiger partial charge in [0.25, 0.3) is 0 Å². The first-order valence-corrected chi connectivity index (χ1v) is 3.11. The Morgan fingerprint density at radius 3 is 2.55 bits per heavy atom. The summed E-state index contributed by atoms with van der Waals surface area (Å²) in [6, 6.07) is -0.00810. The maximum absolute atomic E-state index is 10.8. The van der Waals surface area contributed by atoms with Gasteiger partial charge in [-0.15, -0.1) is 6.04 Å². The van der Waals surface area contributed by atoms with Crippen molar-refractivity contribution in [2.75, 3.05) is 0 Å². The molecule has 11 heavy (non-hydrogen) atoms. The Hall–Kier alpha value is 0.639. The molecule has 1 heterocycles. The fourth-order valence-electron chi connectivity index (χ4n) is 0.961. The summed E-state index contributed by atoms with van der Waals surface area (Å²) in [4.78, 5) is 12.0. The third-order valence-corrected chi connectivity index (χ3v) is 1.61. The van der Waals surface area contributed by atoms with E-state index in [2.05, 4.69) is 6.92 Å². The van der Waals surface area contributed by atoms with Gasteiger partial charge in [0.05, 0.1) is 0 Å². The van der Waals surface area contributed by atoms with Crippen molar-refractivity contribution in [1.29, 1.82) is 0 Å². The van der Waals surface area contributed by atoms with E-state index in [-0.39, 0.29) is 52.1 Å². The molecule has 0 N–H and O–H groups in total. The number of piperidine rings is 1. The van der Waals surface area contributed by atoms with E-state index < -0.39 is 0 Å². The van der Waals surface area contributed by atoms with E-state index >= 15 is 0 Å². The number of hydrogen-bond donors (Lipinski definition) is 0. The summed E-state index contributed by atoms with van der Waals surface area (Å²) in [6.07, 6.45) is 2.45. The van der Waals surface area contributed by atoms with E-state index in [1.807, 2.05) is 0 Å². The summed E-state index contributed by atoms with van der Waals surface area (Å²) in [5.74, 6) is 0.0150. The van der Waals surface area contributed by atoms with Gasteiger partial charge in [0.1, 0.15) is 0 Å². The summed E-state index contributed by atoms with van der Waals surface area (Å²) in [5, 5.41) is 0. The van der Waals surface area contributed by atoms with Gasteiger partial charge in [0.15, 0.2) is 0 Å². The molecule has 0 saturated carbocycles. The van der Waals surface area contributed by atoms with Gasteiger partial charge in [-0.3, -0.25) is 4.79 Å². The molecule has 1 rings (SSSR count). The van der Waals surface area contributed by atoms with Gasteiger partial charge in [-0.2, -0.15) is 0 Å². The van der Waals surface area contributed by atoms with Crippen LogP contribution in [0.4, 0.5) is 0 Å². The first kappa shape index (κ1) is 14.2. The minimum Gasteiger partial charge on any atom is -0.422 e. The van der Waals surface area contributed by atoms with Crippen LogP contribution in [-0.4, -0.2) is 24.7 Å². The van der Waals surface area contributed by atoms with Crippen LogP contribution in [0.3, 0.4) is 0 Å². The van der Waals surface area contributed by atoms with E-state index in [1.165, 1.54) is 4.81 Å². The molecule has 0 bridgehead atoms. The van der Waals surface area contributed by atoms with Gasteiger partial charge in [0, 0.05) is 39.1 Å². The van der Waals surface area contributed by atoms with Gasteiger partial charge < -0.3 is 19.2 Å². The Balaban J connectivity index is 0.